The van der Waals surface area contributed by atoms with Crippen molar-refractivity contribution in [3.05, 3.63) is 0 Å². The van der Waals surface area contributed by atoms with Crippen molar-refractivity contribution >= 4 is 6.09 Å². The molecule has 0 aromatic rings. The summed E-state index contributed by atoms with van der Waals surface area (Å²) in [7, 11) is 0. The predicted octanol–water partition coefficient (Wildman–Crippen LogP) is 1.01. The number of hydrogen-bond donors (Lipinski definition) is 1. The quantitative estimate of drug-likeness (QED) is 0.738. The van der Waals surface area contributed by atoms with Crippen LogP contribution in [0.5, 0.6) is 0 Å². The maximum Gasteiger partial charge on any atom is 0.407 e. The lowest BCUT2D eigenvalue weighted by Gasteiger charge is -2.09. The Morgan fingerprint density at radius 2 is 2.14 bits per heavy atom. The van der Waals surface area contributed by atoms with Crippen molar-refractivity contribution in [2.45, 2.75) is 19.9 Å². The summed E-state index contributed by atoms with van der Waals surface area (Å²) in [5.41, 5.74) is 0. The lowest BCUT2D eigenvalue weighted by molar-refractivity contribution is 0.123. The second-order valence-electron chi connectivity index (χ2n) is 4.53. The molecule has 4 heteroatoms. The van der Waals surface area contributed by atoms with Crippen molar-refractivity contribution in [1.82, 2.24) is 5.32 Å². The van der Waals surface area contributed by atoms with E-state index in [1.165, 1.54) is 0 Å². The van der Waals surface area contributed by atoms with Gasteiger partial charge in [0.05, 0.1) is 19.8 Å². The van der Waals surface area contributed by atoms with Crippen LogP contribution in [0.25, 0.3) is 0 Å². The molecule has 1 amide bonds. The van der Waals surface area contributed by atoms with E-state index in [1.807, 2.05) is 13.8 Å². The van der Waals surface area contributed by atoms with Gasteiger partial charge in [-0.1, -0.05) is 13.8 Å². The van der Waals surface area contributed by atoms with Gasteiger partial charge < -0.3 is 14.8 Å². The number of hydrogen-bond acceptors (Lipinski definition) is 3. The fourth-order valence-corrected chi connectivity index (χ4v) is 1.87. The molecule has 0 aromatic carbocycles. The number of rotatable bonds is 3. The van der Waals surface area contributed by atoms with Gasteiger partial charge >= 0.3 is 6.09 Å². The molecule has 0 bridgehead atoms. The van der Waals surface area contributed by atoms with Gasteiger partial charge in [-0.2, -0.15) is 0 Å². The molecular formula is C10H17NO3. The third kappa shape index (κ3) is 2.00. The standard InChI is InChI=1S/C10H17NO3/c1-6(2)3-14-10(12)11-9-7-4-13-5-8(7)9/h6-9H,3-5H2,1-2H3,(H,11,12). The molecule has 1 saturated heterocycles. The molecule has 2 atom stereocenters. The number of nitrogens with one attached hydrogen (secondary N) is 1. The van der Waals surface area contributed by atoms with Crippen LogP contribution in [0, 0.1) is 17.8 Å². The van der Waals surface area contributed by atoms with Gasteiger partial charge in [-0.05, 0) is 5.92 Å². The fraction of sp³-hybridized carbons (Fsp3) is 0.900. The Morgan fingerprint density at radius 1 is 1.50 bits per heavy atom. The first-order valence-electron chi connectivity index (χ1n) is 5.19. The van der Waals surface area contributed by atoms with Crippen molar-refractivity contribution < 1.29 is 14.3 Å². The van der Waals surface area contributed by atoms with E-state index in [2.05, 4.69) is 5.32 Å². The molecule has 1 aliphatic carbocycles. The molecule has 80 valence electrons. The minimum Gasteiger partial charge on any atom is -0.449 e. The molecule has 4 nitrogen and oxygen atoms in total. The van der Waals surface area contributed by atoms with Gasteiger partial charge in [0.1, 0.15) is 0 Å². The molecule has 0 radical (unpaired) electrons. The zero-order valence-electron chi connectivity index (χ0n) is 8.66. The topological polar surface area (TPSA) is 47.6 Å². The van der Waals surface area contributed by atoms with Gasteiger partial charge in [0.15, 0.2) is 0 Å². The minimum absolute atomic E-state index is 0.280. The highest BCUT2D eigenvalue weighted by molar-refractivity contribution is 5.68. The minimum atomic E-state index is -0.280. The smallest absolute Gasteiger partial charge is 0.407 e. The maximum absolute atomic E-state index is 11.3. The lowest BCUT2D eigenvalue weighted by atomic mass is 10.2. The van der Waals surface area contributed by atoms with Gasteiger partial charge in [-0.15, -0.1) is 0 Å². The summed E-state index contributed by atoms with van der Waals surface area (Å²) >= 11 is 0. The van der Waals surface area contributed by atoms with Crippen LogP contribution in [0.4, 0.5) is 4.79 Å². The van der Waals surface area contributed by atoms with E-state index in [4.69, 9.17) is 9.47 Å². The monoisotopic (exact) mass is 199 g/mol. The Bertz CT molecular complexity index is 219. The largest absolute Gasteiger partial charge is 0.449 e. The van der Waals surface area contributed by atoms with E-state index in [0.717, 1.165) is 13.2 Å². The molecule has 0 spiro atoms. The Kier molecular flexibility index (Phi) is 2.63. The summed E-state index contributed by atoms with van der Waals surface area (Å²) in [6, 6.07) is 0.309. The zero-order chi connectivity index (χ0) is 10.1. The normalized spacial score (nSPS) is 34.1. The van der Waals surface area contributed by atoms with Gasteiger partial charge in [0.2, 0.25) is 0 Å². The van der Waals surface area contributed by atoms with Crippen LogP contribution in [-0.2, 0) is 9.47 Å². The molecule has 0 aromatic heterocycles. The highest BCUT2D eigenvalue weighted by Crippen LogP contribution is 2.44. The summed E-state index contributed by atoms with van der Waals surface area (Å²) < 4.78 is 10.3. The van der Waals surface area contributed by atoms with Gasteiger partial charge in [-0.3, -0.25) is 0 Å². The second-order valence-corrected chi connectivity index (χ2v) is 4.53. The van der Waals surface area contributed by atoms with E-state index >= 15 is 0 Å². The maximum atomic E-state index is 11.3. The van der Waals surface area contributed by atoms with Gasteiger partial charge in [-0.25, -0.2) is 4.79 Å². The van der Waals surface area contributed by atoms with Crippen LogP contribution in [0.2, 0.25) is 0 Å². The molecular weight excluding hydrogens is 182 g/mol. The van der Waals surface area contributed by atoms with Gasteiger partial charge in [0, 0.05) is 17.9 Å². The first kappa shape index (κ1) is 9.77. The molecule has 2 unspecified atom stereocenters. The highest BCUT2D eigenvalue weighted by atomic mass is 16.5. The summed E-state index contributed by atoms with van der Waals surface area (Å²) in [5.74, 6) is 1.48. The van der Waals surface area contributed by atoms with Crippen molar-refractivity contribution in [2.75, 3.05) is 19.8 Å². The Balaban J connectivity index is 1.64. The van der Waals surface area contributed by atoms with E-state index in [9.17, 15) is 4.79 Å². The van der Waals surface area contributed by atoms with Crippen molar-refractivity contribution in [1.29, 1.82) is 0 Å². The summed E-state index contributed by atoms with van der Waals surface area (Å²) in [6.45, 7) is 6.12. The second kappa shape index (κ2) is 3.77. The average molecular weight is 199 g/mol. The van der Waals surface area contributed by atoms with Crippen molar-refractivity contribution in [3.63, 3.8) is 0 Å². The lowest BCUT2D eigenvalue weighted by Crippen LogP contribution is -2.31. The number of alkyl carbamates (subject to hydrolysis) is 1. The molecule has 1 N–H and O–H groups in total. The number of carbonyl (C=O) groups excluding carboxylic acids is 1. The van der Waals surface area contributed by atoms with E-state index < -0.39 is 0 Å². The van der Waals surface area contributed by atoms with Crippen LogP contribution in [0.1, 0.15) is 13.8 Å². The Labute approximate surface area is 84.0 Å². The molecule has 2 aliphatic rings. The number of ether oxygens (including phenoxy) is 2. The third-order valence-electron chi connectivity index (χ3n) is 2.78. The molecule has 14 heavy (non-hydrogen) atoms. The van der Waals surface area contributed by atoms with Crippen LogP contribution in [0.15, 0.2) is 0 Å². The van der Waals surface area contributed by atoms with Crippen LogP contribution >= 0.6 is 0 Å². The summed E-state index contributed by atoms with van der Waals surface area (Å²) in [5, 5.41) is 2.87. The van der Waals surface area contributed by atoms with Crippen molar-refractivity contribution in [3.8, 4) is 0 Å². The highest BCUT2D eigenvalue weighted by Gasteiger charge is 2.55. The fourth-order valence-electron chi connectivity index (χ4n) is 1.87. The van der Waals surface area contributed by atoms with Crippen LogP contribution in [-0.4, -0.2) is 32.0 Å². The van der Waals surface area contributed by atoms with E-state index in [0.29, 0.717) is 30.4 Å². The SMILES string of the molecule is CC(C)COC(=O)NC1C2COCC21. The molecule has 1 saturated carbocycles. The van der Waals surface area contributed by atoms with Crippen molar-refractivity contribution in [2.24, 2.45) is 17.8 Å². The Morgan fingerprint density at radius 3 is 2.71 bits per heavy atom. The first-order valence-corrected chi connectivity index (χ1v) is 5.19. The first-order chi connectivity index (χ1) is 6.68. The van der Waals surface area contributed by atoms with Gasteiger partial charge in [0.25, 0.3) is 0 Å². The molecule has 1 aliphatic heterocycles. The average Bonchev–Trinajstić information content (AvgIpc) is 2.63. The zero-order valence-corrected chi connectivity index (χ0v) is 8.66. The van der Waals surface area contributed by atoms with Crippen LogP contribution in [0.3, 0.4) is 0 Å². The summed E-state index contributed by atoms with van der Waals surface area (Å²) in [6.07, 6.45) is -0.280. The predicted molar refractivity (Wildman–Crippen MR) is 50.9 cm³/mol. The molecule has 2 fully saturated rings. The summed E-state index contributed by atoms with van der Waals surface area (Å²) in [4.78, 5) is 11.3. The number of carbonyl (C=O) groups is 1. The third-order valence-corrected chi connectivity index (χ3v) is 2.78. The number of amides is 1. The molecule has 2 rings (SSSR count). The van der Waals surface area contributed by atoms with E-state index in [1.54, 1.807) is 0 Å². The Hall–Kier alpha value is -0.770. The van der Waals surface area contributed by atoms with Crippen LogP contribution < -0.4 is 5.32 Å². The molecule has 1 heterocycles. The van der Waals surface area contributed by atoms with E-state index in [-0.39, 0.29) is 6.09 Å². The number of fused-ring (bicyclic) bond motifs is 1.